The van der Waals surface area contributed by atoms with Gasteiger partial charge in [-0.1, -0.05) is 34.6 Å². The maximum absolute atomic E-state index is 6.49. The Bertz CT molecular complexity index is 268. The van der Waals surface area contributed by atoms with Crippen LogP contribution in [-0.4, -0.2) is 49.2 Å². The van der Waals surface area contributed by atoms with Gasteiger partial charge in [-0.05, 0) is 30.6 Å². The van der Waals surface area contributed by atoms with Gasteiger partial charge in [0, 0.05) is 6.61 Å². The highest BCUT2D eigenvalue weighted by Gasteiger charge is 2.44. The van der Waals surface area contributed by atoms with Crippen LogP contribution in [0.3, 0.4) is 0 Å². The second-order valence-electron chi connectivity index (χ2n) is 5.34. The average molecular weight is 369 g/mol. The van der Waals surface area contributed by atoms with Crippen molar-refractivity contribution >= 4 is 36.4 Å². The summed E-state index contributed by atoms with van der Waals surface area (Å²) in [6.45, 7) is 11.5. The molecule has 0 aromatic carbocycles. The third kappa shape index (κ3) is 6.35. The summed E-state index contributed by atoms with van der Waals surface area (Å²) in [7, 11) is -7.23. The Balaban J connectivity index is 2.82. The molecule has 2 atom stereocenters. The van der Waals surface area contributed by atoms with Gasteiger partial charge in [0.05, 0.1) is 6.23 Å². The zero-order valence-electron chi connectivity index (χ0n) is 14.2. The highest BCUT2D eigenvalue weighted by atomic mass is 28.5. The van der Waals surface area contributed by atoms with Gasteiger partial charge in [0.25, 0.3) is 0 Å². The highest BCUT2D eigenvalue weighted by Crippen LogP contribution is 2.23. The predicted molar refractivity (Wildman–Crippen MR) is 94.6 cm³/mol. The van der Waals surface area contributed by atoms with E-state index in [9.17, 15) is 0 Å². The molecule has 1 aliphatic rings. The van der Waals surface area contributed by atoms with Crippen molar-refractivity contribution in [2.75, 3.05) is 12.8 Å². The van der Waals surface area contributed by atoms with Crippen molar-refractivity contribution in [3.63, 3.8) is 0 Å². The average Bonchev–Trinajstić information content (AvgIpc) is 2.49. The Morgan fingerprint density at radius 1 is 0.810 bits per heavy atom. The third-order valence-corrected chi connectivity index (χ3v) is 17.6. The van der Waals surface area contributed by atoms with Crippen molar-refractivity contribution in [1.29, 1.82) is 0 Å². The summed E-state index contributed by atoms with van der Waals surface area (Å²) >= 11 is 0. The molecule has 0 aromatic heterocycles. The Morgan fingerprint density at radius 2 is 1.33 bits per heavy atom. The summed E-state index contributed by atoms with van der Waals surface area (Å²) in [5.74, 6) is 0. The van der Waals surface area contributed by atoms with E-state index in [-0.39, 0.29) is 0 Å². The van der Waals surface area contributed by atoms with Crippen molar-refractivity contribution in [1.82, 2.24) is 0 Å². The van der Waals surface area contributed by atoms with Gasteiger partial charge < -0.3 is 21.2 Å². The van der Waals surface area contributed by atoms with Gasteiger partial charge in [-0.3, -0.25) is 0 Å². The van der Waals surface area contributed by atoms with Crippen LogP contribution in [0.15, 0.2) is 0 Å². The first-order valence-corrected chi connectivity index (χ1v) is 15.9. The van der Waals surface area contributed by atoms with Crippen molar-refractivity contribution in [3.05, 3.63) is 0 Å². The molecule has 126 valence electrons. The van der Waals surface area contributed by atoms with E-state index < -0.39 is 36.4 Å². The zero-order chi connectivity index (χ0) is 15.7. The largest absolute Gasteiger partial charge is 0.420 e. The van der Waals surface area contributed by atoms with Crippen LogP contribution in [-0.2, 0) is 21.2 Å². The van der Waals surface area contributed by atoms with Crippen LogP contribution in [0.25, 0.3) is 0 Å². The maximum Gasteiger partial charge on any atom is 0.346 e. The van der Waals surface area contributed by atoms with Gasteiger partial charge >= 0.3 is 36.4 Å². The van der Waals surface area contributed by atoms with Gasteiger partial charge in [0.15, 0.2) is 0 Å². The van der Waals surface area contributed by atoms with E-state index >= 15 is 0 Å². The molecule has 21 heavy (non-hydrogen) atoms. The molecular formula is C12H32O5Si4. The van der Waals surface area contributed by atoms with Crippen molar-refractivity contribution in [2.24, 2.45) is 0 Å². The molecule has 0 bridgehead atoms. The minimum Gasteiger partial charge on any atom is -0.420 e. The Hall–Kier alpha value is 0.668. The van der Waals surface area contributed by atoms with Crippen molar-refractivity contribution in [3.8, 4) is 0 Å². The molecule has 1 heterocycles. The van der Waals surface area contributed by atoms with Crippen LogP contribution in [0.4, 0.5) is 0 Å². The van der Waals surface area contributed by atoms with Gasteiger partial charge in [-0.15, -0.1) is 0 Å². The summed E-state index contributed by atoms with van der Waals surface area (Å²) in [6.07, 6.45) is 1.64. The fourth-order valence-corrected chi connectivity index (χ4v) is 18.7. The van der Waals surface area contributed by atoms with E-state index in [0.29, 0.717) is 6.23 Å². The third-order valence-electron chi connectivity index (χ3n) is 3.51. The molecule has 2 unspecified atom stereocenters. The van der Waals surface area contributed by atoms with Crippen LogP contribution >= 0.6 is 0 Å². The molecule has 0 spiro atoms. The maximum atomic E-state index is 6.49. The monoisotopic (exact) mass is 368 g/mol. The smallest absolute Gasteiger partial charge is 0.346 e. The lowest BCUT2D eigenvalue weighted by atomic mass is 10.5. The van der Waals surface area contributed by atoms with Crippen LogP contribution in [0.1, 0.15) is 41.0 Å². The highest BCUT2D eigenvalue weighted by molar-refractivity contribution is 6.82. The lowest BCUT2D eigenvalue weighted by molar-refractivity contribution is 0.140. The molecule has 1 aliphatic heterocycles. The van der Waals surface area contributed by atoms with Crippen molar-refractivity contribution < 1.29 is 21.2 Å². The fourth-order valence-electron chi connectivity index (χ4n) is 2.19. The van der Waals surface area contributed by atoms with Crippen LogP contribution in [0, 0.1) is 0 Å². The van der Waals surface area contributed by atoms with E-state index in [1.807, 2.05) is 0 Å². The summed E-state index contributed by atoms with van der Waals surface area (Å²) in [5, 5.41) is 0. The van der Waals surface area contributed by atoms with E-state index in [0.717, 1.165) is 37.2 Å². The molecule has 1 saturated heterocycles. The van der Waals surface area contributed by atoms with E-state index in [1.165, 1.54) is 0 Å². The number of ether oxygens (including phenoxy) is 1. The molecule has 0 saturated carbocycles. The normalized spacial score (nSPS) is 34.4. The summed E-state index contributed by atoms with van der Waals surface area (Å²) in [4.78, 5) is 0. The van der Waals surface area contributed by atoms with Gasteiger partial charge in [-0.25, -0.2) is 0 Å². The number of hydrogen-bond acceptors (Lipinski definition) is 5. The molecule has 0 aromatic rings. The minimum atomic E-state index is -2.31. The molecule has 1 fully saturated rings. The lowest BCUT2D eigenvalue weighted by Gasteiger charge is -2.40. The molecule has 0 amide bonds. The molecule has 1 rings (SSSR count). The second kappa shape index (κ2) is 10.4. The topological polar surface area (TPSA) is 46.2 Å². The Kier molecular flexibility index (Phi) is 9.80. The summed E-state index contributed by atoms with van der Waals surface area (Å²) < 4.78 is 31.3. The van der Waals surface area contributed by atoms with Gasteiger partial charge in [-0.2, -0.15) is 0 Å². The molecular weight excluding hydrogens is 336 g/mol. The van der Waals surface area contributed by atoms with E-state index in [1.54, 1.807) is 0 Å². The Morgan fingerprint density at radius 3 is 1.71 bits per heavy atom. The molecule has 5 nitrogen and oxygen atoms in total. The Labute approximate surface area is 136 Å². The number of hydrogen-bond donors (Lipinski definition) is 0. The zero-order valence-corrected chi connectivity index (χ0v) is 18.7. The molecule has 9 heteroatoms. The standard InChI is InChI=1S/C12H32O5Si4/c1-6-11-13-12-21(10-5)16-19(8-3)14-18(7-2)15-20(9-4)17-21/h18-20H,6-12H2,1-5H3. The quantitative estimate of drug-likeness (QED) is 0.485. The second-order valence-corrected chi connectivity index (χ2v) is 17.2. The lowest BCUT2D eigenvalue weighted by Crippen LogP contribution is -2.58. The fraction of sp³-hybridized carbons (Fsp3) is 1.00. The minimum absolute atomic E-state index is 0.620. The summed E-state index contributed by atoms with van der Waals surface area (Å²) in [5.41, 5.74) is 0. The molecule has 0 radical (unpaired) electrons. The van der Waals surface area contributed by atoms with Gasteiger partial charge in [0.2, 0.25) is 0 Å². The van der Waals surface area contributed by atoms with Crippen LogP contribution in [0.5, 0.6) is 0 Å². The number of rotatable bonds is 8. The first-order valence-electron chi connectivity index (χ1n) is 8.37. The molecule has 0 N–H and O–H groups in total. The SMILES string of the molecule is CCCOC[Si]1(CC)O[SiH](CC)O[SiH](CC)O[SiH](CC)O1. The van der Waals surface area contributed by atoms with Crippen LogP contribution < -0.4 is 0 Å². The van der Waals surface area contributed by atoms with E-state index in [2.05, 4.69) is 34.6 Å². The van der Waals surface area contributed by atoms with E-state index in [4.69, 9.17) is 21.2 Å². The van der Waals surface area contributed by atoms with Gasteiger partial charge in [0.1, 0.15) is 0 Å². The first kappa shape index (κ1) is 19.7. The first-order chi connectivity index (χ1) is 10.1. The summed E-state index contributed by atoms with van der Waals surface area (Å²) in [6, 6.07) is 3.84. The van der Waals surface area contributed by atoms with Crippen LogP contribution in [0.2, 0.25) is 24.2 Å². The van der Waals surface area contributed by atoms with Crippen molar-refractivity contribution in [2.45, 2.75) is 65.2 Å². The predicted octanol–water partition coefficient (Wildman–Crippen LogP) is 2.22. The molecule has 0 aliphatic carbocycles.